The minimum Gasteiger partial charge on any atom is -0.396 e. The third-order valence-electron chi connectivity index (χ3n) is 2.25. The van der Waals surface area contributed by atoms with E-state index in [-0.39, 0.29) is 5.69 Å². The third-order valence-corrected chi connectivity index (χ3v) is 3.18. The van der Waals surface area contributed by atoms with Gasteiger partial charge in [0.1, 0.15) is 5.82 Å². The van der Waals surface area contributed by atoms with Crippen LogP contribution >= 0.6 is 27.5 Å². The lowest BCUT2D eigenvalue weighted by atomic mass is 10.0. The monoisotopic (exact) mass is 306 g/mol. The lowest BCUT2D eigenvalue weighted by Crippen LogP contribution is -2.08. The van der Waals surface area contributed by atoms with Gasteiger partial charge in [-0.15, -0.1) is 11.6 Å². The van der Waals surface area contributed by atoms with Crippen LogP contribution in [0.25, 0.3) is 0 Å². The highest BCUT2D eigenvalue weighted by Gasteiger charge is 2.14. The van der Waals surface area contributed by atoms with Crippen LogP contribution < -0.4 is 5.73 Å². The predicted molar refractivity (Wildman–Crippen MR) is 70.9 cm³/mol. The molecule has 0 saturated heterocycles. The molecule has 0 aliphatic rings. The summed E-state index contributed by atoms with van der Waals surface area (Å²) < 4.78 is 14.1. The zero-order valence-electron chi connectivity index (χ0n) is 8.93. The molecule has 0 saturated carbocycles. The second kappa shape index (κ2) is 6.21. The van der Waals surface area contributed by atoms with Gasteiger partial charge in [0.25, 0.3) is 0 Å². The maximum Gasteiger partial charge on any atom is 0.146 e. The molecule has 0 heterocycles. The Morgan fingerprint density at radius 3 is 2.81 bits per heavy atom. The standard InChI is InChI=1S/C11H13BrClFN2/c1-16-9(3-2-6-13)10-7(12)4-5-8(14)11(10)15/h4-5H,2-3,6,15H2,1H3. The van der Waals surface area contributed by atoms with Crippen LogP contribution in [0.1, 0.15) is 18.4 Å². The summed E-state index contributed by atoms with van der Waals surface area (Å²) in [6.07, 6.45) is 1.48. The molecule has 0 radical (unpaired) electrons. The summed E-state index contributed by atoms with van der Waals surface area (Å²) in [5, 5.41) is 0. The summed E-state index contributed by atoms with van der Waals surface area (Å²) in [6, 6.07) is 2.96. The minimum atomic E-state index is -0.426. The van der Waals surface area contributed by atoms with Gasteiger partial charge < -0.3 is 5.73 Å². The van der Waals surface area contributed by atoms with E-state index in [1.165, 1.54) is 6.07 Å². The molecular weight excluding hydrogens is 294 g/mol. The summed E-state index contributed by atoms with van der Waals surface area (Å²) in [5.74, 6) is 0.122. The number of benzene rings is 1. The van der Waals surface area contributed by atoms with Crippen molar-refractivity contribution in [2.24, 2.45) is 4.99 Å². The number of nitrogen functional groups attached to an aromatic ring is 1. The van der Waals surface area contributed by atoms with E-state index < -0.39 is 5.82 Å². The van der Waals surface area contributed by atoms with Crippen molar-refractivity contribution in [1.82, 2.24) is 0 Å². The van der Waals surface area contributed by atoms with Gasteiger partial charge in [-0.1, -0.05) is 15.9 Å². The second-order valence-corrected chi connectivity index (χ2v) is 4.51. The first-order chi connectivity index (χ1) is 7.61. The van der Waals surface area contributed by atoms with Gasteiger partial charge >= 0.3 is 0 Å². The van der Waals surface area contributed by atoms with E-state index in [0.717, 1.165) is 16.6 Å². The van der Waals surface area contributed by atoms with Gasteiger partial charge in [0.05, 0.1) is 5.69 Å². The molecule has 0 aliphatic heterocycles. The summed E-state index contributed by atoms with van der Waals surface area (Å²) in [4.78, 5) is 4.14. The molecule has 1 aromatic carbocycles. The molecule has 5 heteroatoms. The van der Waals surface area contributed by atoms with Crippen molar-refractivity contribution >= 4 is 38.9 Å². The first-order valence-corrected chi connectivity index (χ1v) is 6.20. The van der Waals surface area contributed by atoms with Crippen LogP contribution in [0.2, 0.25) is 0 Å². The normalized spacial score (nSPS) is 11.9. The fourth-order valence-electron chi connectivity index (χ4n) is 1.44. The van der Waals surface area contributed by atoms with Gasteiger partial charge in [0, 0.05) is 28.7 Å². The van der Waals surface area contributed by atoms with Crippen molar-refractivity contribution in [3.8, 4) is 0 Å². The zero-order chi connectivity index (χ0) is 12.1. The van der Waals surface area contributed by atoms with Crippen LogP contribution in [0, 0.1) is 5.82 Å². The number of hydrogen-bond donors (Lipinski definition) is 1. The lowest BCUT2D eigenvalue weighted by Gasteiger charge is -2.11. The highest BCUT2D eigenvalue weighted by Crippen LogP contribution is 2.27. The Kier molecular flexibility index (Phi) is 5.22. The molecule has 0 unspecified atom stereocenters. The number of anilines is 1. The van der Waals surface area contributed by atoms with Crippen LogP contribution in [0.5, 0.6) is 0 Å². The largest absolute Gasteiger partial charge is 0.396 e. The minimum absolute atomic E-state index is 0.129. The number of rotatable bonds is 4. The number of hydrogen-bond acceptors (Lipinski definition) is 2. The average molecular weight is 308 g/mol. The SMILES string of the molecule is CN=C(CCCCl)c1c(Br)ccc(F)c1N. The number of nitrogens with two attached hydrogens (primary N) is 1. The summed E-state index contributed by atoms with van der Waals surface area (Å²) in [6.45, 7) is 0. The Balaban J connectivity index is 3.14. The lowest BCUT2D eigenvalue weighted by molar-refractivity contribution is 0.632. The van der Waals surface area contributed by atoms with Crippen LogP contribution in [0.4, 0.5) is 10.1 Å². The van der Waals surface area contributed by atoms with Crippen molar-refractivity contribution in [2.75, 3.05) is 18.7 Å². The predicted octanol–water partition coefficient (Wildman–Crippen LogP) is 3.61. The van der Waals surface area contributed by atoms with Crippen LogP contribution in [-0.4, -0.2) is 18.6 Å². The molecule has 2 N–H and O–H groups in total. The van der Waals surface area contributed by atoms with Crippen LogP contribution in [0.15, 0.2) is 21.6 Å². The first kappa shape index (κ1) is 13.5. The average Bonchev–Trinajstić information content (AvgIpc) is 2.28. The topological polar surface area (TPSA) is 38.4 Å². The molecule has 88 valence electrons. The summed E-state index contributed by atoms with van der Waals surface area (Å²) in [5.41, 5.74) is 7.24. The van der Waals surface area contributed by atoms with Crippen LogP contribution in [0.3, 0.4) is 0 Å². The first-order valence-electron chi connectivity index (χ1n) is 4.87. The smallest absolute Gasteiger partial charge is 0.146 e. The maximum absolute atomic E-state index is 13.4. The molecule has 1 aromatic rings. The molecule has 0 aliphatic carbocycles. The van der Waals surface area contributed by atoms with E-state index in [9.17, 15) is 4.39 Å². The van der Waals surface area contributed by atoms with Crippen molar-refractivity contribution in [3.63, 3.8) is 0 Å². The third kappa shape index (κ3) is 2.95. The van der Waals surface area contributed by atoms with Gasteiger partial charge in [0.15, 0.2) is 0 Å². The molecular formula is C11H13BrClFN2. The number of aliphatic imine (C=N–C) groups is 1. The molecule has 0 bridgehead atoms. The number of nitrogens with zero attached hydrogens (tertiary/aromatic N) is 1. The van der Waals surface area contributed by atoms with Gasteiger partial charge in [-0.25, -0.2) is 4.39 Å². The van der Waals surface area contributed by atoms with E-state index in [1.54, 1.807) is 13.1 Å². The molecule has 2 nitrogen and oxygen atoms in total. The summed E-state index contributed by atoms with van der Waals surface area (Å²) in [7, 11) is 1.67. The Labute approximate surface area is 108 Å². The van der Waals surface area contributed by atoms with E-state index in [4.69, 9.17) is 17.3 Å². The number of alkyl halides is 1. The van der Waals surface area contributed by atoms with E-state index in [2.05, 4.69) is 20.9 Å². The fraction of sp³-hybridized carbons (Fsp3) is 0.364. The van der Waals surface area contributed by atoms with Gasteiger partial charge in [-0.2, -0.15) is 0 Å². The fourth-order valence-corrected chi connectivity index (χ4v) is 2.15. The molecule has 0 fully saturated rings. The van der Waals surface area contributed by atoms with Crippen LogP contribution in [-0.2, 0) is 0 Å². The van der Waals surface area contributed by atoms with Gasteiger partial charge in [-0.3, -0.25) is 4.99 Å². The van der Waals surface area contributed by atoms with E-state index in [0.29, 0.717) is 17.9 Å². The Hall–Kier alpha value is -0.610. The second-order valence-electron chi connectivity index (χ2n) is 3.28. The van der Waals surface area contributed by atoms with Gasteiger partial charge in [-0.05, 0) is 25.0 Å². The molecule has 0 amide bonds. The molecule has 16 heavy (non-hydrogen) atoms. The zero-order valence-corrected chi connectivity index (χ0v) is 11.3. The van der Waals surface area contributed by atoms with Gasteiger partial charge in [0.2, 0.25) is 0 Å². The van der Waals surface area contributed by atoms with Crippen molar-refractivity contribution in [2.45, 2.75) is 12.8 Å². The molecule has 1 rings (SSSR count). The highest BCUT2D eigenvalue weighted by molar-refractivity contribution is 9.10. The Bertz CT molecular complexity index is 407. The Morgan fingerprint density at radius 2 is 2.25 bits per heavy atom. The summed E-state index contributed by atoms with van der Waals surface area (Å²) >= 11 is 8.98. The van der Waals surface area contributed by atoms with E-state index >= 15 is 0 Å². The van der Waals surface area contributed by atoms with Crippen molar-refractivity contribution in [3.05, 3.63) is 28.0 Å². The van der Waals surface area contributed by atoms with Crippen molar-refractivity contribution in [1.29, 1.82) is 0 Å². The highest BCUT2D eigenvalue weighted by atomic mass is 79.9. The molecule has 0 spiro atoms. The molecule has 0 aromatic heterocycles. The Morgan fingerprint density at radius 1 is 1.56 bits per heavy atom. The molecule has 0 atom stereocenters. The van der Waals surface area contributed by atoms with Crippen molar-refractivity contribution < 1.29 is 4.39 Å². The van der Waals surface area contributed by atoms with E-state index in [1.807, 2.05) is 0 Å². The number of halogens is 3. The quantitative estimate of drug-likeness (QED) is 0.515. The maximum atomic E-state index is 13.4.